The number of rotatable bonds is 7. The van der Waals surface area contributed by atoms with Gasteiger partial charge in [0.15, 0.2) is 0 Å². The number of carbonyl (C=O) groups excluding carboxylic acids is 1. The van der Waals surface area contributed by atoms with E-state index in [-0.39, 0.29) is 13.1 Å². The highest BCUT2D eigenvalue weighted by Crippen LogP contribution is 1.82. The van der Waals surface area contributed by atoms with Crippen molar-refractivity contribution in [2.45, 2.75) is 12.8 Å². The number of carbonyl (C=O) groups is 2. The summed E-state index contributed by atoms with van der Waals surface area (Å²) in [5.74, 6) is -1.77. The summed E-state index contributed by atoms with van der Waals surface area (Å²) < 4.78 is 23.4. The molecule has 1 amide bonds. The first-order valence-electron chi connectivity index (χ1n) is 4.24. The summed E-state index contributed by atoms with van der Waals surface area (Å²) >= 11 is 0. The molecule has 0 rings (SSSR count). The van der Waals surface area contributed by atoms with Crippen molar-refractivity contribution in [2.75, 3.05) is 19.3 Å². The van der Waals surface area contributed by atoms with Gasteiger partial charge in [-0.15, -0.1) is 0 Å². The third kappa shape index (κ3) is 10.8. The Morgan fingerprint density at radius 1 is 1.27 bits per heavy atom. The second kappa shape index (κ2) is 6.36. The molecule has 0 aromatic rings. The fourth-order valence-electron chi connectivity index (χ4n) is 0.774. The largest absolute Gasteiger partial charge is 0.481 e. The van der Waals surface area contributed by atoms with Crippen molar-refractivity contribution in [2.24, 2.45) is 0 Å². The zero-order valence-electron chi connectivity index (χ0n) is 8.32. The molecule has 0 radical (unpaired) electrons. The maximum atomic E-state index is 10.8. The normalized spacial score (nSPS) is 11.0. The first-order chi connectivity index (χ1) is 6.81. The van der Waals surface area contributed by atoms with Crippen molar-refractivity contribution in [3.8, 4) is 0 Å². The standard InChI is InChI=1S/C7H14N2O5S/c1-15(13,14)9-4-2-3-8-6(10)5-7(11)12/h9H,2-5H2,1H3,(H,8,10)(H,11,12). The lowest BCUT2D eigenvalue weighted by Crippen LogP contribution is -2.30. The van der Waals surface area contributed by atoms with E-state index in [4.69, 9.17) is 5.11 Å². The minimum Gasteiger partial charge on any atom is -0.481 e. The second-order valence-electron chi connectivity index (χ2n) is 2.94. The van der Waals surface area contributed by atoms with Crippen molar-refractivity contribution in [3.05, 3.63) is 0 Å². The van der Waals surface area contributed by atoms with Crippen LogP contribution in [0.1, 0.15) is 12.8 Å². The molecule has 8 heteroatoms. The van der Waals surface area contributed by atoms with E-state index in [0.29, 0.717) is 6.42 Å². The summed E-state index contributed by atoms with van der Waals surface area (Å²) in [4.78, 5) is 20.9. The van der Waals surface area contributed by atoms with E-state index in [1.807, 2.05) is 0 Å². The smallest absolute Gasteiger partial charge is 0.312 e. The average molecular weight is 238 g/mol. The molecule has 0 aliphatic heterocycles. The topological polar surface area (TPSA) is 113 Å². The highest BCUT2D eigenvalue weighted by atomic mass is 32.2. The maximum Gasteiger partial charge on any atom is 0.312 e. The molecule has 0 heterocycles. The molecule has 0 aromatic carbocycles. The minimum atomic E-state index is -3.20. The first kappa shape index (κ1) is 13.8. The summed E-state index contributed by atoms with van der Waals surface area (Å²) in [5, 5.41) is 10.6. The number of aliphatic carboxylic acids is 1. The second-order valence-corrected chi connectivity index (χ2v) is 4.77. The predicted molar refractivity (Wildman–Crippen MR) is 52.7 cm³/mol. The van der Waals surface area contributed by atoms with Crippen LogP contribution in [-0.4, -0.2) is 44.7 Å². The third-order valence-corrected chi connectivity index (χ3v) is 2.08. The van der Waals surface area contributed by atoms with E-state index in [1.54, 1.807) is 0 Å². The number of carboxylic acid groups (broad SMARTS) is 1. The van der Waals surface area contributed by atoms with Crippen molar-refractivity contribution in [1.29, 1.82) is 0 Å². The molecule has 88 valence electrons. The van der Waals surface area contributed by atoms with Crippen LogP contribution in [0.25, 0.3) is 0 Å². The molecule has 0 aliphatic rings. The lowest BCUT2D eigenvalue weighted by atomic mass is 10.4. The van der Waals surface area contributed by atoms with Gasteiger partial charge < -0.3 is 10.4 Å². The number of sulfonamides is 1. The van der Waals surface area contributed by atoms with E-state index in [9.17, 15) is 18.0 Å². The molecule has 15 heavy (non-hydrogen) atoms. The summed E-state index contributed by atoms with van der Waals surface area (Å²) in [5.41, 5.74) is 0. The van der Waals surface area contributed by atoms with Crippen LogP contribution in [0, 0.1) is 0 Å². The fourth-order valence-corrected chi connectivity index (χ4v) is 1.29. The van der Waals surface area contributed by atoms with E-state index in [0.717, 1.165) is 6.26 Å². The van der Waals surface area contributed by atoms with Crippen molar-refractivity contribution in [1.82, 2.24) is 10.0 Å². The Bertz CT molecular complexity index is 324. The Balaban J connectivity index is 3.47. The van der Waals surface area contributed by atoms with Gasteiger partial charge in [0.05, 0.1) is 6.26 Å². The number of amides is 1. The molecule has 7 nitrogen and oxygen atoms in total. The van der Waals surface area contributed by atoms with Crippen LogP contribution < -0.4 is 10.0 Å². The van der Waals surface area contributed by atoms with Gasteiger partial charge in [-0.1, -0.05) is 0 Å². The van der Waals surface area contributed by atoms with Gasteiger partial charge in [-0.3, -0.25) is 9.59 Å². The Hall–Kier alpha value is -1.15. The molecular formula is C7H14N2O5S. The van der Waals surface area contributed by atoms with Gasteiger partial charge in [0, 0.05) is 13.1 Å². The summed E-state index contributed by atoms with van der Waals surface area (Å²) in [6.45, 7) is 0.459. The molecule has 0 fully saturated rings. The number of hydrogen-bond donors (Lipinski definition) is 3. The highest BCUT2D eigenvalue weighted by Gasteiger charge is 2.06. The highest BCUT2D eigenvalue weighted by molar-refractivity contribution is 7.88. The first-order valence-corrected chi connectivity index (χ1v) is 6.13. The van der Waals surface area contributed by atoms with Crippen LogP contribution in [0.4, 0.5) is 0 Å². The van der Waals surface area contributed by atoms with Gasteiger partial charge in [0.25, 0.3) is 0 Å². The van der Waals surface area contributed by atoms with Crippen molar-refractivity contribution >= 4 is 21.9 Å². The van der Waals surface area contributed by atoms with Crippen LogP contribution in [0.3, 0.4) is 0 Å². The fraction of sp³-hybridized carbons (Fsp3) is 0.714. The average Bonchev–Trinajstić information content (AvgIpc) is 1.99. The number of carboxylic acids is 1. The van der Waals surface area contributed by atoms with Gasteiger partial charge in [0.2, 0.25) is 15.9 Å². The minimum absolute atomic E-state index is 0.214. The summed E-state index contributed by atoms with van der Waals surface area (Å²) in [7, 11) is -3.20. The molecular weight excluding hydrogens is 224 g/mol. The summed E-state index contributed by atoms with van der Waals surface area (Å²) in [6, 6.07) is 0. The summed E-state index contributed by atoms with van der Waals surface area (Å²) in [6.07, 6.45) is 0.883. The quantitative estimate of drug-likeness (QED) is 0.370. The molecule has 0 spiro atoms. The zero-order valence-corrected chi connectivity index (χ0v) is 9.13. The molecule has 0 aliphatic carbocycles. The molecule has 0 bridgehead atoms. The molecule has 3 N–H and O–H groups in total. The Morgan fingerprint density at radius 3 is 2.33 bits per heavy atom. The lowest BCUT2D eigenvalue weighted by Gasteiger charge is -2.03. The predicted octanol–water partition coefficient (Wildman–Crippen LogP) is -1.48. The van der Waals surface area contributed by atoms with E-state index in [2.05, 4.69) is 10.0 Å². The van der Waals surface area contributed by atoms with Crippen LogP contribution >= 0.6 is 0 Å². The Morgan fingerprint density at radius 2 is 1.87 bits per heavy atom. The third-order valence-electron chi connectivity index (χ3n) is 1.35. The molecule has 0 unspecified atom stereocenters. The van der Waals surface area contributed by atoms with Crippen LogP contribution in [0.15, 0.2) is 0 Å². The van der Waals surface area contributed by atoms with Gasteiger partial charge >= 0.3 is 5.97 Å². The van der Waals surface area contributed by atoms with Gasteiger partial charge in [0.1, 0.15) is 6.42 Å². The van der Waals surface area contributed by atoms with Crippen LogP contribution in [0.5, 0.6) is 0 Å². The maximum absolute atomic E-state index is 10.8. The van der Waals surface area contributed by atoms with Gasteiger partial charge in [-0.05, 0) is 6.42 Å². The SMILES string of the molecule is CS(=O)(=O)NCCCNC(=O)CC(=O)O. The van der Waals surface area contributed by atoms with Gasteiger partial charge in [-0.25, -0.2) is 13.1 Å². The molecule has 0 saturated carbocycles. The van der Waals surface area contributed by atoms with Crippen molar-refractivity contribution < 1.29 is 23.1 Å². The molecule has 0 atom stereocenters. The molecule has 0 aromatic heterocycles. The number of hydrogen-bond acceptors (Lipinski definition) is 4. The van der Waals surface area contributed by atoms with E-state index in [1.165, 1.54) is 0 Å². The van der Waals surface area contributed by atoms with E-state index >= 15 is 0 Å². The zero-order chi connectivity index (χ0) is 11.9. The Labute approximate surface area is 87.9 Å². The van der Waals surface area contributed by atoms with Crippen molar-refractivity contribution in [3.63, 3.8) is 0 Å². The van der Waals surface area contributed by atoms with Crippen LogP contribution in [0.2, 0.25) is 0 Å². The Kier molecular flexibility index (Phi) is 5.87. The van der Waals surface area contributed by atoms with Gasteiger partial charge in [-0.2, -0.15) is 0 Å². The molecule has 0 saturated heterocycles. The number of nitrogens with one attached hydrogen (secondary N) is 2. The van der Waals surface area contributed by atoms with E-state index < -0.39 is 28.3 Å². The lowest BCUT2D eigenvalue weighted by molar-refractivity contribution is -0.140. The monoisotopic (exact) mass is 238 g/mol. The van der Waals surface area contributed by atoms with Crippen LogP contribution in [-0.2, 0) is 19.6 Å².